The SMILES string of the molecule is C[C@@H]1CN(C(=O)CSCC(=O)N2CCCCC2)C[C@H]1C(=O)O. The predicted molar refractivity (Wildman–Crippen MR) is 84.6 cm³/mol. The Hall–Kier alpha value is -1.24. The number of carbonyl (C=O) groups excluding carboxylic acids is 2. The topological polar surface area (TPSA) is 77.9 Å². The number of carbonyl (C=O) groups is 3. The van der Waals surface area contributed by atoms with E-state index in [4.69, 9.17) is 5.11 Å². The van der Waals surface area contributed by atoms with E-state index in [0.717, 1.165) is 25.9 Å². The van der Waals surface area contributed by atoms with Crippen molar-refractivity contribution in [2.45, 2.75) is 26.2 Å². The molecule has 0 saturated carbocycles. The van der Waals surface area contributed by atoms with E-state index in [1.807, 2.05) is 11.8 Å². The summed E-state index contributed by atoms with van der Waals surface area (Å²) >= 11 is 1.33. The number of carboxylic acids is 1. The summed E-state index contributed by atoms with van der Waals surface area (Å²) in [6.45, 7) is 4.31. The molecule has 0 aromatic rings. The van der Waals surface area contributed by atoms with Crippen LogP contribution in [0.2, 0.25) is 0 Å². The summed E-state index contributed by atoms with van der Waals surface area (Å²) in [5, 5.41) is 9.08. The molecule has 6 nitrogen and oxygen atoms in total. The first-order valence-electron chi connectivity index (χ1n) is 7.85. The van der Waals surface area contributed by atoms with E-state index in [1.165, 1.54) is 18.2 Å². The summed E-state index contributed by atoms with van der Waals surface area (Å²) in [7, 11) is 0. The van der Waals surface area contributed by atoms with Crippen molar-refractivity contribution in [1.29, 1.82) is 0 Å². The van der Waals surface area contributed by atoms with Crippen LogP contribution in [0.3, 0.4) is 0 Å². The third-order valence-electron chi connectivity index (χ3n) is 4.44. The van der Waals surface area contributed by atoms with E-state index < -0.39 is 11.9 Å². The van der Waals surface area contributed by atoms with Crippen molar-refractivity contribution < 1.29 is 19.5 Å². The molecule has 0 aromatic carbocycles. The Labute approximate surface area is 135 Å². The molecule has 0 bridgehead atoms. The van der Waals surface area contributed by atoms with Crippen LogP contribution < -0.4 is 0 Å². The Morgan fingerprint density at radius 3 is 2.14 bits per heavy atom. The normalized spacial score (nSPS) is 25.3. The first-order chi connectivity index (χ1) is 10.5. The molecule has 2 fully saturated rings. The monoisotopic (exact) mass is 328 g/mol. The number of likely N-dealkylation sites (tertiary alicyclic amines) is 2. The third kappa shape index (κ3) is 4.38. The van der Waals surface area contributed by atoms with Crippen LogP contribution in [0.1, 0.15) is 26.2 Å². The number of hydrogen-bond donors (Lipinski definition) is 1. The molecule has 7 heteroatoms. The number of carboxylic acid groups (broad SMARTS) is 1. The van der Waals surface area contributed by atoms with Crippen LogP contribution >= 0.6 is 11.8 Å². The molecule has 2 aliphatic rings. The first-order valence-corrected chi connectivity index (χ1v) is 9.00. The van der Waals surface area contributed by atoms with Gasteiger partial charge < -0.3 is 14.9 Å². The fourth-order valence-corrected chi connectivity index (χ4v) is 3.86. The van der Waals surface area contributed by atoms with Gasteiger partial charge >= 0.3 is 5.97 Å². The quantitative estimate of drug-likeness (QED) is 0.812. The maximum atomic E-state index is 12.1. The molecule has 2 saturated heterocycles. The molecular formula is C15H24N2O4S. The van der Waals surface area contributed by atoms with Crippen molar-refractivity contribution in [1.82, 2.24) is 9.80 Å². The average molecular weight is 328 g/mol. The number of rotatable bonds is 5. The van der Waals surface area contributed by atoms with Crippen LogP contribution in [-0.2, 0) is 14.4 Å². The van der Waals surface area contributed by atoms with E-state index in [0.29, 0.717) is 12.3 Å². The maximum Gasteiger partial charge on any atom is 0.308 e. The van der Waals surface area contributed by atoms with Crippen LogP contribution in [-0.4, -0.2) is 70.4 Å². The number of hydrogen-bond acceptors (Lipinski definition) is 4. The number of amides is 2. The Morgan fingerprint density at radius 2 is 1.59 bits per heavy atom. The van der Waals surface area contributed by atoms with Gasteiger partial charge in [-0.05, 0) is 25.2 Å². The Bertz CT molecular complexity index is 437. The second kappa shape index (κ2) is 7.85. The molecule has 0 aromatic heterocycles. The summed E-state index contributed by atoms with van der Waals surface area (Å²) in [5.74, 6) is -0.695. The fraction of sp³-hybridized carbons (Fsp3) is 0.800. The van der Waals surface area contributed by atoms with Gasteiger partial charge in [-0.15, -0.1) is 11.8 Å². The molecule has 2 rings (SSSR count). The summed E-state index contributed by atoms with van der Waals surface area (Å²) in [6.07, 6.45) is 3.32. The molecule has 124 valence electrons. The molecule has 0 radical (unpaired) electrons. The zero-order valence-electron chi connectivity index (χ0n) is 13.0. The lowest BCUT2D eigenvalue weighted by molar-refractivity contribution is -0.142. The zero-order valence-corrected chi connectivity index (χ0v) is 13.8. The minimum absolute atomic E-state index is 0.0126. The van der Waals surface area contributed by atoms with Gasteiger partial charge in [-0.25, -0.2) is 0 Å². The number of nitrogens with zero attached hydrogens (tertiary/aromatic N) is 2. The van der Waals surface area contributed by atoms with Crippen LogP contribution in [0.25, 0.3) is 0 Å². The van der Waals surface area contributed by atoms with Gasteiger partial charge in [-0.1, -0.05) is 6.92 Å². The number of piperidine rings is 1. The summed E-state index contributed by atoms with van der Waals surface area (Å²) in [4.78, 5) is 38.7. The van der Waals surface area contributed by atoms with Crippen molar-refractivity contribution in [3.63, 3.8) is 0 Å². The highest BCUT2D eigenvalue weighted by atomic mass is 32.2. The number of aliphatic carboxylic acids is 1. The highest BCUT2D eigenvalue weighted by Crippen LogP contribution is 2.23. The lowest BCUT2D eigenvalue weighted by Crippen LogP contribution is -2.37. The van der Waals surface area contributed by atoms with Gasteiger partial charge in [0.05, 0.1) is 17.4 Å². The molecule has 0 aliphatic carbocycles. The van der Waals surface area contributed by atoms with Crippen molar-refractivity contribution >= 4 is 29.5 Å². The van der Waals surface area contributed by atoms with Crippen molar-refractivity contribution in [2.24, 2.45) is 11.8 Å². The van der Waals surface area contributed by atoms with Crippen molar-refractivity contribution in [2.75, 3.05) is 37.7 Å². The van der Waals surface area contributed by atoms with Gasteiger partial charge in [0.1, 0.15) is 0 Å². The Kier molecular flexibility index (Phi) is 6.11. The van der Waals surface area contributed by atoms with Gasteiger partial charge in [0, 0.05) is 26.2 Å². The van der Waals surface area contributed by atoms with E-state index in [2.05, 4.69) is 0 Å². The van der Waals surface area contributed by atoms with Crippen LogP contribution in [0.15, 0.2) is 0 Å². The Morgan fingerprint density at radius 1 is 1.00 bits per heavy atom. The van der Waals surface area contributed by atoms with Crippen molar-refractivity contribution in [3.05, 3.63) is 0 Å². The lowest BCUT2D eigenvalue weighted by Gasteiger charge is -2.26. The minimum Gasteiger partial charge on any atom is -0.481 e. The van der Waals surface area contributed by atoms with Crippen molar-refractivity contribution in [3.8, 4) is 0 Å². The van der Waals surface area contributed by atoms with E-state index in [9.17, 15) is 14.4 Å². The van der Waals surface area contributed by atoms with Gasteiger partial charge in [-0.3, -0.25) is 14.4 Å². The second-order valence-corrected chi connectivity index (χ2v) is 7.14. The average Bonchev–Trinajstić information content (AvgIpc) is 2.90. The maximum absolute atomic E-state index is 12.1. The molecule has 2 heterocycles. The highest BCUT2D eigenvalue weighted by Gasteiger charge is 2.36. The lowest BCUT2D eigenvalue weighted by atomic mass is 9.99. The molecule has 0 spiro atoms. The molecule has 1 N–H and O–H groups in total. The molecule has 0 unspecified atom stereocenters. The smallest absolute Gasteiger partial charge is 0.308 e. The fourth-order valence-electron chi connectivity index (χ4n) is 3.04. The number of thioether (sulfide) groups is 1. The standard InChI is InChI=1S/C15H24N2O4S/c1-11-7-17(8-12(11)15(20)21)14(19)10-22-9-13(18)16-5-3-2-4-6-16/h11-12H,2-10H2,1H3,(H,20,21)/t11-,12-/m1/s1. The molecular weight excluding hydrogens is 304 g/mol. The zero-order chi connectivity index (χ0) is 16.1. The summed E-state index contributed by atoms with van der Waals surface area (Å²) < 4.78 is 0. The van der Waals surface area contributed by atoms with Gasteiger partial charge in [0.25, 0.3) is 0 Å². The van der Waals surface area contributed by atoms with E-state index in [1.54, 1.807) is 4.90 Å². The van der Waals surface area contributed by atoms with Gasteiger partial charge in [0.2, 0.25) is 11.8 Å². The van der Waals surface area contributed by atoms with Crippen LogP contribution in [0.5, 0.6) is 0 Å². The molecule has 2 amide bonds. The molecule has 22 heavy (non-hydrogen) atoms. The second-order valence-electron chi connectivity index (χ2n) is 6.15. The first kappa shape index (κ1) is 17.1. The van der Waals surface area contributed by atoms with Crippen LogP contribution in [0, 0.1) is 11.8 Å². The molecule has 2 aliphatic heterocycles. The Balaban J connectivity index is 1.69. The minimum atomic E-state index is -0.837. The highest BCUT2D eigenvalue weighted by molar-refractivity contribution is 8.00. The van der Waals surface area contributed by atoms with E-state index >= 15 is 0 Å². The van der Waals surface area contributed by atoms with Gasteiger partial charge in [0.15, 0.2) is 0 Å². The van der Waals surface area contributed by atoms with Gasteiger partial charge in [-0.2, -0.15) is 0 Å². The summed E-state index contributed by atoms with van der Waals surface area (Å²) in [6, 6.07) is 0. The van der Waals surface area contributed by atoms with Crippen LogP contribution in [0.4, 0.5) is 0 Å². The largest absolute Gasteiger partial charge is 0.481 e. The predicted octanol–water partition coefficient (Wildman–Crippen LogP) is 0.911. The van der Waals surface area contributed by atoms with E-state index in [-0.39, 0.29) is 30.0 Å². The molecule has 2 atom stereocenters. The summed E-state index contributed by atoms with van der Waals surface area (Å²) in [5.41, 5.74) is 0. The third-order valence-corrected chi connectivity index (χ3v) is 5.34.